The molecular formula is C15H21F8NO2. The fourth-order valence-corrected chi connectivity index (χ4v) is 0.854. The minimum absolute atomic E-state index is 0.220. The molecule has 0 saturated heterocycles. The van der Waals surface area contributed by atoms with Crippen LogP contribution in [0, 0.1) is 10.1 Å². The Hall–Kier alpha value is -1.94. The highest BCUT2D eigenvalue weighted by molar-refractivity contribution is 5.04. The van der Waals surface area contributed by atoms with Gasteiger partial charge in [-0.05, 0) is 25.3 Å². The van der Waals surface area contributed by atoms with E-state index >= 15 is 0 Å². The molecule has 154 valence electrons. The average molecular weight is 399 g/mol. The molecule has 0 aromatic carbocycles. The summed E-state index contributed by atoms with van der Waals surface area (Å²) in [6.45, 7) is 7.63. The maximum Gasteiger partial charge on any atom is 0.445 e. The smallest absolute Gasteiger partial charge is 0.259 e. The van der Waals surface area contributed by atoms with Crippen LogP contribution in [-0.4, -0.2) is 11.1 Å². The van der Waals surface area contributed by atoms with Crippen molar-refractivity contribution < 1.29 is 40.0 Å². The number of nitrogens with zero attached hydrogens (tertiary/aromatic N) is 1. The lowest BCUT2D eigenvalue weighted by Gasteiger charge is -2.02. The van der Waals surface area contributed by atoms with Crippen molar-refractivity contribution in [3.8, 4) is 0 Å². The minimum Gasteiger partial charge on any atom is -0.259 e. The molecule has 0 amide bonds. The van der Waals surface area contributed by atoms with Crippen LogP contribution in [0.15, 0.2) is 34.8 Å². The average Bonchev–Trinajstić information content (AvgIpc) is 2.58. The molecule has 0 aliphatic rings. The lowest BCUT2D eigenvalue weighted by atomic mass is 10.2. The zero-order valence-corrected chi connectivity index (χ0v) is 14.9. The summed E-state index contributed by atoms with van der Waals surface area (Å²) in [7, 11) is 0. The van der Waals surface area contributed by atoms with Gasteiger partial charge in [0, 0.05) is 13.3 Å². The number of halogens is 8. The van der Waals surface area contributed by atoms with Gasteiger partial charge in [0.1, 0.15) is 5.83 Å². The summed E-state index contributed by atoms with van der Waals surface area (Å²) >= 11 is 0. The molecule has 0 aliphatic heterocycles. The number of allylic oxidation sites excluding steroid dienone is 5. The molecule has 0 unspecified atom stereocenters. The number of hydrogen-bond donors (Lipinski definition) is 0. The van der Waals surface area contributed by atoms with E-state index in [4.69, 9.17) is 0 Å². The fraction of sp³-hybridized carbons (Fsp3) is 0.600. The largest absolute Gasteiger partial charge is 0.445 e. The molecule has 3 nitrogen and oxygen atoms in total. The van der Waals surface area contributed by atoms with Gasteiger partial charge in [0.05, 0.1) is 4.92 Å². The SMILES string of the molecule is CC/C(C)=C(\C)[N+](=O)[O-].CC/C(F)=C(\F)C(F)(F)F.CCC(F)=C(F)F. The predicted molar refractivity (Wildman–Crippen MR) is 81.9 cm³/mol. The van der Waals surface area contributed by atoms with E-state index in [-0.39, 0.29) is 17.0 Å². The molecule has 0 saturated carbocycles. The van der Waals surface area contributed by atoms with E-state index in [2.05, 4.69) is 0 Å². The third-order valence-corrected chi connectivity index (χ3v) is 2.73. The second-order valence-corrected chi connectivity index (χ2v) is 4.57. The van der Waals surface area contributed by atoms with E-state index in [9.17, 15) is 45.2 Å². The number of rotatable bonds is 4. The van der Waals surface area contributed by atoms with Gasteiger partial charge in [-0.15, -0.1) is 0 Å². The van der Waals surface area contributed by atoms with Crippen LogP contribution in [0.5, 0.6) is 0 Å². The van der Waals surface area contributed by atoms with Crippen molar-refractivity contribution in [3.05, 3.63) is 44.9 Å². The summed E-state index contributed by atoms with van der Waals surface area (Å²) in [5.74, 6) is -5.71. The normalized spacial score (nSPS) is 12.5. The second kappa shape index (κ2) is 14.3. The van der Waals surface area contributed by atoms with Crippen LogP contribution in [0.1, 0.15) is 53.9 Å². The van der Waals surface area contributed by atoms with Crippen molar-refractivity contribution in [1.82, 2.24) is 0 Å². The maximum absolute atomic E-state index is 11.8. The van der Waals surface area contributed by atoms with Crippen molar-refractivity contribution in [2.24, 2.45) is 0 Å². The van der Waals surface area contributed by atoms with Gasteiger partial charge < -0.3 is 0 Å². The molecule has 0 bridgehead atoms. The summed E-state index contributed by atoms with van der Waals surface area (Å²) in [4.78, 5) is 9.70. The number of hydrogen-bond acceptors (Lipinski definition) is 2. The van der Waals surface area contributed by atoms with Gasteiger partial charge in [0.25, 0.3) is 0 Å². The third-order valence-electron chi connectivity index (χ3n) is 2.73. The van der Waals surface area contributed by atoms with E-state index in [0.29, 0.717) is 0 Å². The van der Waals surface area contributed by atoms with Gasteiger partial charge in [-0.25, -0.2) is 8.78 Å². The van der Waals surface area contributed by atoms with Crippen LogP contribution in [0.25, 0.3) is 0 Å². The summed E-state index contributed by atoms with van der Waals surface area (Å²) in [6, 6.07) is 0. The van der Waals surface area contributed by atoms with Gasteiger partial charge in [0.15, 0.2) is 5.83 Å². The van der Waals surface area contributed by atoms with E-state index in [1.165, 1.54) is 13.8 Å². The molecule has 0 heterocycles. The van der Waals surface area contributed by atoms with E-state index < -0.39 is 36.2 Å². The van der Waals surface area contributed by atoms with Crippen molar-refractivity contribution in [3.63, 3.8) is 0 Å². The highest BCUT2D eigenvalue weighted by Crippen LogP contribution is 2.30. The molecule has 26 heavy (non-hydrogen) atoms. The van der Waals surface area contributed by atoms with Gasteiger partial charge in [0.2, 0.25) is 11.5 Å². The number of alkyl halides is 3. The highest BCUT2D eigenvalue weighted by Gasteiger charge is 2.37. The molecule has 0 fully saturated rings. The second-order valence-electron chi connectivity index (χ2n) is 4.57. The first-order valence-corrected chi connectivity index (χ1v) is 7.28. The molecule has 0 aromatic rings. The first kappa shape index (κ1) is 28.8. The van der Waals surface area contributed by atoms with Gasteiger partial charge in [-0.2, -0.15) is 26.3 Å². The van der Waals surface area contributed by atoms with E-state index in [1.807, 2.05) is 6.92 Å². The van der Waals surface area contributed by atoms with Gasteiger partial charge in [-0.1, -0.05) is 20.8 Å². The van der Waals surface area contributed by atoms with Crippen molar-refractivity contribution in [2.45, 2.75) is 60.1 Å². The lowest BCUT2D eigenvalue weighted by molar-refractivity contribution is -0.425. The Bertz CT molecular complexity index is 532. The van der Waals surface area contributed by atoms with Gasteiger partial charge >= 0.3 is 12.3 Å². The molecule has 0 atom stereocenters. The van der Waals surface area contributed by atoms with Crippen molar-refractivity contribution in [2.75, 3.05) is 0 Å². The van der Waals surface area contributed by atoms with E-state index in [1.54, 1.807) is 6.92 Å². The first-order valence-electron chi connectivity index (χ1n) is 7.28. The summed E-state index contributed by atoms with van der Waals surface area (Å²) < 4.78 is 90.4. The van der Waals surface area contributed by atoms with Crippen LogP contribution >= 0.6 is 0 Å². The highest BCUT2D eigenvalue weighted by atomic mass is 19.4. The third kappa shape index (κ3) is 14.4. The predicted octanol–water partition coefficient (Wildman–Crippen LogP) is 7.55. The Labute approximate surface area is 146 Å². The van der Waals surface area contributed by atoms with Crippen LogP contribution in [0.3, 0.4) is 0 Å². The van der Waals surface area contributed by atoms with E-state index in [0.717, 1.165) is 18.9 Å². The molecular weight excluding hydrogens is 378 g/mol. The van der Waals surface area contributed by atoms with Crippen LogP contribution in [0.2, 0.25) is 0 Å². The van der Waals surface area contributed by atoms with Crippen molar-refractivity contribution in [1.29, 1.82) is 0 Å². The zero-order chi connectivity index (χ0) is 21.7. The molecule has 0 aromatic heterocycles. The Kier molecular flexibility index (Phi) is 15.8. The van der Waals surface area contributed by atoms with Crippen molar-refractivity contribution >= 4 is 0 Å². The minimum atomic E-state index is -5.18. The summed E-state index contributed by atoms with van der Waals surface area (Å²) in [5.41, 5.74) is 1.12. The van der Waals surface area contributed by atoms with Crippen LogP contribution in [-0.2, 0) is 0 Å². The summed E-state index contributed by atoms with van der Waals surface area (Å²) in [5, 5.41) is 10.0. The molecule has 0 N–H and O–H groups in total. The lowest BCUT2D eigenvalue weighted by Crippen LogP contribution is -2.09. The Morgan fingerprint density at radius 1 is 0.846 bits per heavy atom. The quantitative estimate of drug-likeness (QED) is 0.278. The fourth-order valence-electron chi connectivity index (χ4n) is 0.854. The topological polar surface area (TPSA) is 43.1 Å². The standard InChI is InChI=1S/C6H11NO2.C5H5F5.C4H5F3/c1-4-5(2)6(3)7(8)9;1-2-3(6)4(7)5(8,9)10;1-2-3(5)4(6)7/h4H2,1-3H3;2H2,1H3;2H2,1H3/b6-5+;4-3+;. The molecule has 0 spiro atoms. The van der Waals surface area contributed by atoms with Crippen LogP contribution in [0.4, 0.5) is 35.1 Å². The maximum atomic E-state index is 11.8. The van der Waals surface area contributed by atoms with Gasteiger partial charge in [-0.3, -0.25) is 10.1 Å². The molecule has 11 heteroatoms. The molecule has 0 rings (SSSR count). The Balaban J connectivity index is -0.000000310. The number of nitro groups is 1. The molecule has 0 aliphatic carbocycles. The zero-order valence-electron chi connectivity index (χ0n) is 14.9. The first-order chi connectivity index (χ1) is 11.7. The summed E-state index contributed by atoms with van der Waals surface area (Å²) in [6.07, 6.45) is -7.43. The molecule has 0 radical (unpaired) electrons. The van der Waals surface area contributed by atoms with Crippen LogP contribution < -0.4 is 0 Å². The monoisotopic (exact) mass is 399 g/mol. The Morgan fingerprint density at radius 3 is 1.31 bits per heavy atom. The Morgan fingerprint density at radius 2 is 1.23 bits per heavy atom.